The number of amides is 2. The monoisotopic (exact) mass is 268 g/mol. The number of likely N-dealkylation sites (tertiary alicyclic amines) is 1. The first-order chi connectivity index (χ1) is 8.99. The second-order valence-electron chi connectivity index (χ2n) is 6.06. The Morgan fingerprint density at radius 2 is 2.00 bits per heavy atom. The highest BCUT2D eigenvalue weighted by Crippen LogP contribution is 2.44. The fourth-order valence-electron chi connectivity index (χ4n) is 3.59. The number of nitrogens with zero attached hydrogens (tertiary/aromatic N) is 1. The van der Waals surface area contributed by atoms with Gasteiger partial charge in [0.15, 0.2) is 0 Å². The summed E-state index contributed by atoms with van der Waals surface area (Å²) in [6, 6.07) is -0.751. The molecule has 108 valence electrons. The van der Waals surface area contributed by atoms with Crippen molar-refractivity contribution >= 4 is 11.8 Å². The Morgan fingerprint density at radius 3 is 2.53 bits per heavy atom. The van der Waals surface area contributed by atoms with Crippen molar-refractivity contribution in [2.24, 2.45) is 5.41 Å². The van der Waals surface area contributed by atoms with Crippen LogP contribution in [0.2, 0.25) is 0 Å². The summed E-state index contributed by atoms with van der Waals surface area (Å²) < 4.78 is 0. The second kappa shape index (κ2) is 5.49. The van der Waals surface area contributed by atoms with Crippen LogP contribution in [0.3, 0.4) is 0 Å². The summed E-state index contributed by atoms with van der Waals surface area (Å²) in [5, 5.41) is 12.4. The quantitative estimate of drug-likeness (QED) is 0.790. The van der Waals surface area contributed by atoms with Crippen LogP contribution in [-0.2, 0) is 9.59 Å². The van der Waals surface area contributed by atoms with Gasteiger partial charge in [0.05, 0.1) is 6.10 Å². The number of carbonyl (C=O) groups is 2. The lowest BCUT2D eigenvalue weighted by molar-refractivity contribution is -0.141. The van der Waals surface area contributed by atoms with Gasteiger partial charge in [-0.05, 0) is 25.2 Å². The summed E-state index contributed by atoms with van der Waals surface area (Å²) in [5.74, 6) is -0.271. The van der Waals surface area contributed by atoms with E-state index in [1.807, 2.05) is 0 Å². The molecule has 1 aliphatic carbocycles. The van der Waals surface area contributed by atoms with E-state index in [1.165, 1.54) is 26.3 Å². The fourth-order valence-corrected chi connectivity index (χ4v) is 3.59. The maximum absolute atomic E-state index is 12.2. The van der Waals surface area contributed by atoms with Crippen molar-refractivity contribution in [1.29, 1.82) is 0 Å². The van der Waals surface area contributed by atoms with Crippen LogP contribution < -0.4 is 5.32 Å². The molecule has 2 atom stereocenters. The highest BCUT2D eigenvalue weighted by molar-refractivity contribution is 5.89. The van der Waals surface area contributed by atoms with E-state index >= 15 is 0 Å². The summed E-state index contributed by atoms with van der Waals surface area (Å²) in [6.45, 7) is 2.19. The van der Waals surface area contributed by atoms with E-state index in [4.69, 9.17) is 0 Å². The molecule has 1 spiro atoms. The molecular formula is C14H24N2O3. The summed E-state index contributed by atoms with van der Waals surface area (Å²) in [6.07, 6.45) is 5.40. The highest BCUT2D eigenvalue weighted by atomic mass is 16.3. The molecule has 0 aromatic rings. The molecule has 2 amide bonds. The van der Waals surface area contributed by atoms with Crippen LogP contribution in [0.5, 0.6) is 0 Å². The third-order valence-electron chi connectivity index (χ3n) is 4.57. The normalized spacial score (nSPS) is 25.4. The maximum atomic E-state index is 12.2. The van der Waals surface area contributed by atoms with Gasteiger partial charge in [-0.2, -0.15) is 0 Å². The van der Waals surface area contributed by atoms with E-state index in [0.29, 0.717) is 13.0 Å². The third kappa shape index (κ3) is 2.76. The van der Waals surface area contributed by atoms with Gasteiger partial charge in [-0.25, -0.2) is 0 Å². The van der Waals surface area contributed by atoms with Crippen LogP contribution in [-0.4, -0.2) is 47.6 Å². The largest absolute Gasteiger partial charge is 0.391 e. The van der Waals surface area contributed by atoms with Crippen LogP contribution >= 0.6 is 0 Å². The van der Waals surface area contributed by atoms with Crippen molar-refractivity contribution in [2.75, 3.05) is 13.6 Å². The van der Waals surface area contributed by atoms with Gasteiger partial charge in [-0.1, -0.05) is 19.3 Å². The molecular weight excluding hydrogens is 244 g/mol. The number of hydrogen-bond acceptors (Lipinski definition) is 3. The van der Waals surface area contributed by atoms with Gasteiger partial charge in [0, 0.05) is 20.0 Å². The van der Waals surface area contributed by atoms with Gasteiger partial charge < -0.3 is 15.3 Å². The average Bonchev–Trinajstić information content (AvgIpc) is 2.66. The van der Waals surface area contributed by atoms with Crippen molar-refractivity contribution in [2.45, 2.75) is 57.6 Å². The number of nitrogens with one attached hydrogen (secondary N) is 1. The molecule has 0 bridgehead atoms. The number of aliphatic hydroxyl groups excluding tert-OH is 1. The SMILES string of the molecule is CNC(=O)[C@H]([C@@H](C)O)N1CC2(CCCCC2)CC1=O. The molecule has 1 saturated heterocycles. The predicted molar refractivity (Wildman–Crippen MR) is 71.4 cm³/mol. The topological polar surface area (TPSA) is 69.6 Å². The molecule has 0 aromatic heterocycles. The van der Waals surface area contributed by atoms with E-state index in [-0.39, 0.29) is 17.2 Å². The number of rotatable bonds is 3. The zero-order valence-corrected chi connectivity index (χ0v) is 11.8. The first-order valence-electron chi connectivity index (χ1n) is 7.18. The molecule has 0 radical (unpaired) electrons. The standard InChI is InChI=1S/C14H24N2O3/c1-10(17)12(13(19)15-2)16-9-14(8-11(16)18)6-4-3-5-7-14/h10,12,17H,3-9H2,1-2H3,(H,15,19)/t10-,12+/m1/s1. The smallest absolute Gasteiger partial charge is 0.245 e. The van der Waals surface area contributed by atoms with Crippen LogP contribution in [0, 0.1) is 5.41 Å². The molecule has 19 heavy (non-hydrogen) atoms. The third-order valence-corrected chi connectivity index (χ3v) is 4.57. The van der Waals surface area contributed by atoms with Gasteiger partial charge in [-0.3, -0.25) is 9.59 Å². The summed E-state index contributed by atoms with van der Waals surface area (Å²) in [5.41, 5.74) is 0.0521. The highest BCUT2D eigenvalue weighted by Gasteiger charge is 2.47. The predicted octanol–water partition coefficient (Wildman–Crippen LogP) is 0.665. The van der Waals surface area contributed by atoms with Crippen molar-refractivity contribution in [3.05, 3.63) is 0 Å². The lowest BCUT2D eigenvalue weighted by atomic mass is 9.73. The minimum Gasteiger partial charge on any atom is -0.391 e. The molecule has 1 aliphatic heterocycles. The molecule has 2 rings (SSSR count). The molecule has 1 heterocycles. The Balaban J connectivity index is 2.15. The van der Waals surface area contributed by atoms with E-state index in [2.05, 4.69) is 5.32 Å². The lowest BCUT2D eigenvalue weighted by Crippen LogP contribution is -2.53. The van der Waals surface area contributed by atoms with Gasteiger partial charge in [0.2, 0.25) is 11.8 Å². The molecule has 2 fully saturated rings. The average molecular weight is 268 g/mol. The maximum Gasteiger partial charge on any atom is 0.245 e. The van der Waals surface area contributed by atoms with Crippen LogP contribution in [0.4, 0.5) is 0 Å². The molecule has 0 unspecified atom stereocenters. The van der Waals surface area contributed by atoms with Crippen LogP contribution in [0.1, 0.15) is 45.4 Å². The van der Waals surface area contributed by atoms with Crippen LogP contribution in [0.25, 0.3) is 0 Å². The molecule has 5 nitrogen and oxygen atoms in total. The summed E-state index contributed by atoms with van der Waals surface area (Å²) >= 11 is 0. The Morgan fingerprint density at radius 1 is 1.37 bits per heavy atom. The Labute approximate surface area is 114 Å². The van der Waals surface area contributed by atoms with Gasteiger partial charge >= 0.3 is 0 Å². The number of likely N-dealkylation sites (N-methyl/N-ethyl adjacent to an activating group) is 1. The fraction of sp³-hybridized carbons (Fsp3) is 0.857. The van der Waals surface area contributed by atoms with Crippen molar-refractivity contribution in [1.82, 2.24) is 10.2 Å². The van der Waals surface area contributed by atoms with E-state index in [0.717, 1.165) is 12.8 Å². The Kier molecular flexibility index (Phi) is 4.13. The van der Waals surface area contributed by atoms with E-state index < -0.39 is 12.1 Å². The molecule has 2 N–H and O–H groups in total. The minimum atomic E-state index is -0.845. The van der Waals surface area contributed by atoms with Gasteiger partial charge in [0.25, 0.3) is 0 Å². The molecule has 1 saturated carbocycles. The summed E-state index contributed by atoms with van der Waals surface area (Å²) in [7, 11) is 1.54. The first-order valence-corrected chi connectivity index (χ1v) is 7.18. The number of aliphatic hydroxyl groups is 1. The first kappa shape index (κ1) is 14.3. The van der Waals surface area contributed by atoms with Gasteiger partial charge in [-0.15, -0.1) is 0 Å². The van der Waals surface area contributed by atoms with Crippen LogP contribution in [0.15, 0.2) is 0 Å². The Bertz CT molecular complexity index is 362. The summed E-state index contributed by atoms with van der Waals surface area (Å²) in [4.78, 5) is 25.7. The number of hydrogen-bond donors (Lipinski definition) is 2. The second-order valence-corrected chi connectivity index (χ2v) is 6.06. The lowest BCUT2D eigenvalue weighted by Gasteiger charge is -2.35. The zero-order chi connectivity index (χ0) is 14.0. The minimum absolute atomic E-state index is 0.0106. The van der Waals surface area contributed by atoms with Crippen molar-refractivity contribution in [3.63, 3.8) is 0 Å². The van der Waals surface area contributed by atoms with E-state index in [9.17, 15) is 14.7 Å². The van der Waals surface area contributed by atoms with Gasteiger partial charge in [0.1, 0.15) is 6.04 Å². The molecule has 2 aliphatic rings. The van der Waals surface area contributed by atoms with Crippen molar-refractivity contribution in [3.8, 4) is 0 Å². The molecule has 0 aromatic carbocycles. The Hall–Kier alpha value is -1.10. The number of carbonyl (C=O) groups excluding carboxylic acids is 2. The van der Waals surface area contributed by atoms with Crippen molar-refractivity contribution < 1.29 is 14.7 Å². The zero-order valence-electron chi connectivity index (χ0n) is 11.8. The molecule has 5 heteroatoms. The van der Waals surface area contributed by atoms with E-state index in [1.54, 1.807) is 11.8 Å².